The monoisotopic (exact) mass is 933 g/mol. The summed E-state index contributed by atoms with van der Waals surface area (Å²) in [6, 6.07) is 13.8. The summed E-state index contributed by atoms with van der Waals surface area (Å²) in [5.41, 5.74) is 4.12. The normalized spacial score (nSPS) is 21.1. The van der Waals surface area contributed by atoms with Crippen LogP contribution < -0.4 is 33.6 Å². The number of amides is 4. The minimum Gasteiger partial charge on any atom is -0.493 e. The minimum absolute atomic E-state index is 0.000124. The van der Waals surface area contributed by atoms with E-state index in [0.717, 1.165) is 47.7 Å². The number of unbranched alkanes of at least 4 members (excludes halogenated alkanes) is 2. The average molecular weight is 934 g/mol. The maximum Gasteiger partial charge on any atom is 0.416 e. The third kappa shape index (κ3) is 9.16. The molecule has 5 aliphatic heterocycles. The summed E-state index contributed by atoms with van der Waals surface area (Å²) in [6.45, 7) is 11.6. The van der Waals surface area contributed by atoms with Gasteiger partial charge in [0, 0.05) is 43.7 Å². The van der Waals surface area contributed by atoms with Crippen LogP contribution in [0, 0.1) is 5.41 Å². The second-order valence-corrected chi connectivity index (χ2v) is 18.0. The number of hydrogen-bond acceptors (Lipinski definition) is 13. The smallest absolute Gasteiger partial charge is 0.416 e. The van der Waals surface area contributed by atoms with E-state index in [1.54, 1.807) is 34.1 Å². The molecule has 1 saturated carbocycles. The van der Waals surface area contributed by atoms with Crippen molar-refractivity contribution < 1.29 is 57.4 Å². The van der Waals surface area contributed by atoms with Gasteiger partial charge in [-0.3, -0.25) is 14.5 Å². The molecule has 5 heterocycles. The third-order valence-electron chi connectivity index (χ3n) is 13.7. The molecule has 1 aliphatic carbocycles. The molecule has 1 unspecified atom stereocenters. The second-order valence-electron chi connectivity index (χ2n) is 18.0. The quantitative estimate of drug-likeness (QED) is 0.115. The number of nitrogens with zero attached hydrogens (tertiary/aromatic N) is 5. The SMILES string of the molecule is C=CCOC(=O)N1C[C@@H]2CC(c3ccc(N4CCOCC4)cc3)=CN2C(=O)c2cc(OC)c(OCCCCCOc3cc4c(cc3OC)C(=O)N3CC5(CC5)C[C@H]3C(O)N4C(=O)OCC=C)cc21. The fourth-order valence-electron chi connectivity index (χ4n) is 9.94. The number of morpholine rings is 1. The number of benzene rings is 3. The van der Waals surface area contributed by atoms with Crippen molar-refractivity contribution in [3.63, 3.8) is 0 Å². The van der Waals surface area contributed by atoms with Gasteiger partial charge in [0.05, 0.1) is 81.8 Å². The van der Waals surface area contributed by atoms with Gasteiger partial charge >= 0.3 is 12.2 Å². The highest BCUT2D eigenvalue weighted by Gasteiger charge is 2.58. The Balaban J connectivity index is 0.860. The zero-order valence-corrected chi connectivity index (χ0v) is 38.7. The molecule has 9 rings (SSSR count). The summed E-state index contributed by atoms with van der Waals surface area (Å²) in [7, 11) is 2.99. The van der Waals surface area contributed by atoms with E-state index in [2.05, 4.69) is 42.3 Å². The van der Waals surface area contributed by atoms with Crippen LogP contribution in [-0.4, -0.2) is 137 Å². The van der Waals surface area contributed by atoms with Crippen molar-refractivity contribution >= 4 is 46.6 Å². The molecule has 17 heteroatoms. The van der Waals surface area contributed by atoms with Gasteiger partial charge in [-0.1, -0.05) is 37.4 Å². The van der Waals surface area contributed by atoms with Gasteiger partial charge in [-0.05, 0) is 85.8 Å². The predicted molar refractivity (Wildman–Crippen MR) is 253 cm³/mol. The van der Waals surface area contributed by atoms with Crippen molar-refractivity contribution in [3.05, 3.63) is 96.7 Å². The molecular weight excluding hydrogens is 875 g/mol. The van der Waals surface area contributed by atoms with Gasteiger partial charge in [-0.15, -0.1) is 0 Å². The van der Waals surface area contributed by atoms with Crippen molar-refractivity contribution in [2.24, 2.45) is 5.41 Å². The Morgan fingerprint density at radius 2 is 1.43 bits per heavy atom. The molecule has 6 aliphatic rings. The van der Waals surface area contributed by atoms with Crippen LogP contribution in [0.1, 0.15) is 71.2 Å². The lowest BCUT2D eigenvalue weighted by Gasteiger charge is -2.31. The van der Waals surface area contributed by atoms with Gasteiger partial charge in [0.2, 0.25) is 0 Å². The second kappa shape index (κ2) is 19.9. The van der Waals surface area contributed by atoms with Crippen molar-refractivity contribution in [3.8, 4) is 23.0 Å². The summed E-state index contributed by atoms with van der Waals surface area (Å²) in [6.07, 6.45) is 7.08. The minimum atomic E-state index is -1.33. The maximum atomic E-state index is 14.4. The van der Waals surface area contributed by atoms with Gasteiger partial charge in [0.1, 0.15) is 13.2 Å². The average Bonchev–Trinajstić information content (AvgIpc) is 3.87. The molecule has 3 aromatic rings. The molecular formula is C51H59N5O12. The van der Waals surface area contributed by atoms with Crippen molar-refractivity contribution in [2.75, 3.05) is 94.7 Å². The van der Waals surface area contributed by atoms with E-state index in [4.69, 9.17) is 33.2 Å². The fourth-order valence-corrected chi connectivity index (χ4v) is 9.94. The Morgan fingerprint density at radius 3 is 2.04 bits per heavy atom. The Bertz CT molecular complexity index is 2470. The molecule has 1 N–H and O–H groups in total. The van der Waals surface area contributed by atoms with Gasteiger partial charge < -0.3 is 53.0 Å². The molecule has 360 valence electrons. The van der Waals surface area contributed by atoms with E-state index in [1.807, 2.05) is 6.20 Å². The number of anilines is 3. The van der Waals surface area contributed by atoms with Crippen LogP contribution in [0.5, 0.6) is 23.0 Å². The number of carbonyl (C=O) groups is 4. The summed E-state index contributed by atoms with van der Waals surface area (Å²) >= 11 is 0. The number of aliphatic hydroxyl groups excluding tert-OH is 1. The number of rotatable bonds is 16. The summed E-state index contributed by atoms with van der Waals surface area (Å²) in [4.78, 5) is 63.9. The standard InChI is InChI=1S/C51H59N5O12/c1-5-18-67-49(60)54-31-36-24-34(33-10-12-35(13-11-33)52-16-22-64-23-17-52)30-53(36)46(57)37-25-42(62-3)44(27-39(37)54)65-20-8-7-9-21-66-45-28-40-38(26-43(45)63-4)47(58)55-32-51(14-15-51)29-41(55)48(59)56(40)50(61)68-19-6-2/h5-6,10-13,25-28,30,36,41,48,59H,1-2,7-9,14-24,29,31-32H2,3-4H3/t36-,41-,48?/m0/s1. The lowest BCUT2D eigenvalue weighted by molar-refractivity contribution is 0.0496. The Morgan fingerprint density at radius 1 is 0.809 bits per heavy atom. The van der Waals surface area contributed by atoms with Crippen molar-refractivity contribution in [2.45, 2.75) is 63.3 Å². The van der Waals surface area contributed by atoms with Crippen molar-refractivity contribution in [1.82, 2.24) is 9.80 Å². The first-order valence-electron chi connectivity index (χ1n) is 23.3. The Kier molecular flexibility index (Phi) is 13.5. The van der Waals surface area contributed by atoms with E-state index in [1.165, 1.54) is 31.3 Å². The molecule has 0 radical (unpaired) electrons. The Hall–Kier alpha value is -6.72. The first kappa shape index (κ1) is 46.4. The number of ether oxygens (including phenoxy) is 7. The van der Waals surface area contributed by atoms with E-state index >= 15 is 0 Å². The molecule has 0 bridgehead atoms. The molecule has 0 aromatic heterocycles. The van der Waals surface area contributed by atoms with Gasteiger partial charge in [0.15, 0.2) is 29.2 Å². The molecule has 1 spiro atoms. The summed E-state index contributed by atoms with van der Waals surface area (Å²) in [5, 5.41) is 11.7. The molecule has 2 saturated heterocycles. The topological polar surface area (TPSA) is 169 Å². The van der Waals surface area contributed by atoms with Crippen LogP contribution in [0.25, 0.3) is 5.57 Å². The fraction of sp³-hybridized carbons (Fsp3) is 0.451. The van der Waals surface area contributed by atoms with E-state index in [-0.39, 0.29) is 73.1 Å². The van der Waals surface area contributed by atoms with E-state index < -0.39 is 24.5 Å². The van der Waals surface area contributed by atoms with Crippen LogP contribution in [0.3, 0.4) is 0 Å². The van der Waals surface area contributed by atoms with Crippen LogP contribution in [0.4, 0.5) is 26.7 Å². The van der Waals surface area contributed by atoms with E-state index in [0.29, 0.717) is 80.5 Å². The van der Waals surface area contributed by atoms with Gasteiger partial charge in [-0.2, -0.15) is 0 Å². The zero-order valence-electron chi connectivity index (χ0n) is 38.7. The molecule has 3 fully saturated rings. The highest BCUT2D eigenvalue weighted by Crippen LogP contribution is 2.57. The summed E-state index contributed by atoms with van der Waals surface area (Å²) < 4.78 is 40.3. The Labute approximate surface area is 396 Å². The number of carbonyl (C=O) groups excluding carboxylic acids is 4. The zero-order chi connectivity index (χ0) is 47.5. The predicted octanol–water partition coefficient (Wildman–Crippen LogP) is 7.02. The first-order chi connectivity index (χ1) is 33.1. The molecule has 3 aromatic carbocycles. The first-order valence-corrected chi connectivity index (χ1v) is 23.3. The molecule has 17 nitrogen and oxygen atoms in total. The van der Waals surface area contributed by atoms with E-state index in [9.17, 15) is 24.3 Å². The van der Waals surface area contributed by atoms with Crippen molar-refractivity contribution in [1.29, 1.82) is 0 Å². The third-order valence-corrected chi connectivity index (χ3v) is 13.7. The molecule has 3 atom stereocenters. The highest BCUT2D eigenvalue weighted by molar-refractivity contribution is 6.07. The van der Waals surface area contributed by atoms with Gasteiger partial charge in [-0.25, -0.2) is 14.5 Å². The number of fused-ring (bicyclic) bond motifs is 4. The number of aliphatic hydroxyl groups is 1. The molecule has 68 heavy (non-hydrogen) atoms. The van der Waals surface area contributed by atoms with Crippen LogP contribution in [0.15, 0.2) is 80.0 Å². The van der Waals surface area contributed by atoms with Crippen LogP contribution in [-0.2, 0) is 14.2 Å². The lowest BCUT2D eigenvalue weighted by Crippen LogP contribution is -2.50. The summed E-state index contributed by atoms with van der Waals surface area (Å²) in [5.74, 6) is 0.768. The number of methoxy groups -OCH3 is 2. The van der Waals surface area contributed by atoms with Crippen LogP contribution in [0.2, 0.25) is 0 Å². The maximum absolute atomic E-state index is 14.4. The largest absolute Gasteiger partial charge is 0.493 e. The lowest BCUT2D eigenvalue weighted by atomic mass is 10.0. The van der Waals surface area contributed by atoms with Gasteiger partial charge in [0.25, 0.3) is 11.8 Å². The highest BCUT2D eigenvalue weighted by atomic mass is 16.6. The number of hydrogen-bond donors (Lipinski definition) is 1. The van der Waals surface area contributed by atoms with Crippen LogP contribution >= 0.6 is 0 Å². The molecule has 4 amide bonds.